The van der Waals surface area contributed by atoms with E-state index in [1.54, 1.807) is 0 Å². The predicted molar refractivity (Wildman–Crippen MR) is 109 cm³/mol. The molecule has 144 valence electrons. The van der Waals surface area contributed by atoms with E-state index in [2.05, 4.69) is 9.88 Å². The van der Waals surface area contributed by atoms with Crippen molar-refractivity contribution in [2.75, 3.05) is 14.1 Å². The molecule has 0 spiro atoms. The summed E-state index contributed by atoms with van der Waals surface area (Å²) >= 11 is 1.54. The number of thiazole rings is 1. The molecule has 0 radical (unpaired) electrons. The summed E-state index contributed by atoms with van der Waals surface area (Å²) in [7, 11) is 4.01. The Kier molecular flexibility index (Phi) is 6.55. The van der Waals surface area contributed by atoms with Gasteiger partial charge in [0, 0.05) is 29.8 Å². The van der Waals surface area contributed by atoms with Crippen molar-refractivity contribution in [3.05, 3.63) is 51.0 Å². The fraction of sp³-hybridized carbons (Fsp3) is 0.500. The second kappa shape index (κ2) is 8.89. The summed E-state index contributed by atoms with van der Waals surface area (Å²) in [5, 5.41) is 2.87. The fourth-order valence-electron chi connectivity index (χ4n) is 3.75. The van der Waals surface area contributed by atoms with Gasteiger partial charge in [0.1, 0.15) is 10.8 Å². The maximum absolute atomic E-state index is 12.9. The monoisotopic (exact) mass is 384 g/mol. The first-order valence-corrected chi connectivity index (χ1v) is 10.5. The molecular weight excluding hydrogens is 356 g/mol. The molecule has 4 nitrogen and oxygen atoms in total. The predicted octanol–water partition coefficient (Wildman–Crippen LogP) is 4.24. The molecule has 1 aromatic heterocycles. The van der Waals surface area contributed by atoms with Crippen molar-refractivity contribution in [3.8, 4) is 0 Å². The zero-order valence-electron chi connectivity index (χ0n) is 16.5. The molecule has 27 heavy (non-hydrogen) atoms. The highest BCUT2D eigenvalue weighted by Gasteiger charge is 2.26. The van der Waals surface area contributed by atoms with E-state index in [-0.39, 0.29) is 17.5 Å². The Morgan fingerprint density at radius 2 is 1.93 bits per heavy atom. The second-order valence-corrected chi connectivity index (χ2v) is 8.81. The van der Waals surface area contributed by atoms with E-state index < -0.39 is 0 Å². The number of carbonyl (C=O) groups excluding carboxylic acids is 2. The molecule has 0 bridgehead atoms. The number of ketones is 2. The summed E-state index contributed by atoms with van der Waals surface area (Å²) in [5.74, 6) is 0.472. The Labute approximate surface area is 165 Å². The fourth-order valence-corrected chi connectivity index (χ4v) is 4.57. The maximum Gasteiger partial charge on any atom is 0.166 e. The molecule has 0 saturated heterocycles. The third kappa shape index (κ3) is 5.33. The lowest BCUT2D eigenvalue weighted by Crippen LogP contribution is -2.16. The van der Waals surface area contributed by atoms with Crippen molar-refractivity contribution in [2.45, 2.75) is 52.0 Å². The van der Waals surface area contributed by atoms with Crippen LogP contribution in [0, 0.1) is 12.8 Å². The van der Waals surface area contributed by atoms with Crippen LogP contribution >= 0.6 is 11.3 Å². The van der Waals surface area contributed by atoms with E-state index in [0.29, 0.717) is 12.8 Å². The van der Waals surface area contributed by atoms with Gasteiger partial charge in [0.25, 0.3) is 0 Å². The molecule has 0 N–H and O–H groups in total. The number of benzene rings is 1. The number of hydrogen-bond acceptors (Lipinski definition) is 5. The minimum absolute atomic E-state index is 0.116. The molecule has 2 aromatic rings. The maximum atomic E-state index is 12.9. The molecule has 1 heterocycles. The van der Waals surface area contributed by atoms with E-state index in [1.165, 1.54) is 11.3 Å². The minimum Gasteiger partial charge on any atom is -0.304 e. The van der Waals surface area contributed by atoms with Crippen molar-refractivity contribution in [2.24, 2.45) is 5.92 Å². The van der Waals surface area contributed by atoms with Crippen LogP contribution < -0.4 is 0 Å². The van der Waals surface area contributed by atoms with Crippen LogP contribution in [0.4, 0.5) is 0 Å². The molecule has 0 unspecified atom stereocenters. The summed E-state index contributed by atoms with van der Waals surface area (Å²) in [6.45, 7) is 2.78. The number of carbonyl (C=O) groups is 2. The van der Waals surface area contributed by atoms with Crippen molar-refractivity contribution in [3.63, 3.8) is 0 Å². The first-order valence-electron chi connectivity index (χ1n) is 9.66. The Morgan fingerprint density at radius 1 is 1.19 bits per heavy atom. The van der Waals surface area contributed by atoms with Gasteiger partial charge in [0.15, 0.2) is 5.78 Å². The third-order valence-electron chi connectivity index (χ3n) is 5.07. The van der Waals surface area contributed by atoms with E-state index in [0.717, 1.165) is 59.6 Å². The lowest BCUT2D eigenvalue weighted by atomic mass is 9.90. The lowest BCUT2D eigenvalue weighted by Gasteiger charge is -2.13. The zero-order chi connectivity index (χ0) is 19.4. The van der Waals surface area contributed by atoms with E-state index in [9.17, 15) is 9.59 Å². The van der Waals surface area contributed by atoms with Crippen LogP contribution in [-0.2, 0) is 24.2 Å². The average Bonchev–Trinajstić information content (AvgIpc) is 3.27. The van der Waals surface area contributed by atoms with Crippen LogP contribution in [-0.4, -0.2) is 35.5 Å². The highest BCUT2D eigenvalue weighted by molar-refractivity contribution is 7.09. The van der Waals surface area contributed by atoms with Gasteiger partial charge in [0.05, 0.1) is 12.1 Å². The quantitative estimate of drug-likeness (QED) is 0.639. The van der Waals surface area contributed by atoms with Crippen LogP contribution in [0.1, 0.15) is 57.9 Å². The Morgan fingerprint density at radius 3 is 2.63 bits per heavy atom. The molecule has 1 aliphatic carbocycles. The second-order valence-electron chi connectivity index (χ2n) is 7.87. The number of aryl methyl sites for hydroxylation is 1. The first kappa shape index (κ1) is 19.9. The van der Waals surface area contributed by atoms with E-state index >= 15 is 0 Å². The van der Waals surface area contributed by atoms with Gasteiger partial charge in [-0.05, 0) is 45.5 Å². The summed E-state index contributed by atoms with van der Waals surface area (Å²) in [4.78, 5) is 32.2. The molecule has 1 saturated carbocycles. The largest absolute Gasteiger partial charge is 0.304 e. The number of hydrogen-bond donors (Lipinski definition) is 0. The SMILES string of the molecule is Cc1ccc(CC(=O)Cc2nc(CN(C)C)cs2)c(C(=O)C2CCCC2)c1. The van der Waals surface area contributed by atoms with Gasteiger partial charge in [0.2, 0.25) is 0 Å². The normalized spacial score (nSPS) is 14.8. The molecule has 3 rings (SSSR count). The number of nitrogens with zero attached hydrogens (tertiary/aromatic N) is 2. The molecule has 1 aliphatic rings. The van der Waals surface area contributed by atoms with Gasteiger partial charge < -0.3 is 4.90 Å². The smallest absolute Gasteiger partial charge is 0.166 e. The summed E-state index contributed by atoms with van der Waals surface area (Å²) < 4.78 is 0. The van der Waals surface area contributed by atoms with Gasteiger partial charge >= 0.3 is 0 Å². The van der Waals surface area contributed by atoms with Crippen LogP contribution in [0.15, 0.2) is 23.6 Å². The van der Waals surface area contributed by atoms with Gasteiger partial charge in [-0.15, -0.1) is 11.3 Å². The van der Waals surface area contributed by atoms with Crippen molar-refractivity contribution in [1.29, 1.82) is 0 Å². The molecule has 0 aliphatic heterocycles. The highest BCUT2D eigenvalue weighted by atomic mass is 32.1. The molecule has 0 atom stereocenters. The third-order valence-corrected chi connectivity index (χ3v) is 5.97. The lowest BCUT2D eigenvalue weighted by molar-refractivity contribution is -0.117. The van der Waals surface area contributed by atoms with Gasteiger partial charge in [-0.3, -0.25) is 9.59 Å². The highest BCUT2D eigenvalue weighted by Crippen LogP contribution is 2.29. The first-order chi connectivity index (χ1) is 12.9. The van der Waals surface area contributed by atoms with Crippen molar-refractivity contribution < 1.29 is 9.59 Å². The topological polar surface area (TPSA) is 50.3 Å². The Bertz CT molecular complexity index is 819. The number of Topliss-reactive ketones (excluding diaryl/α,β-unsaturated/α-hetero) is 2. The van der Waals surface area contributed by atoms with Gasteiger partial charge in [-0.1, -0.05) is 30.5 Å². The molecular formula is C22H28N2O2S. The Hall–Kier alpha value is -1.85. The minimum atomic E-state index is 0.116. The average molecular weight is 385 g/mol. The van der Waals surface area contributed by atoms with Crippen molar-refractivity contribution >= 4 is 22.9 Å². The molecule has 1 aromatic carbocycles. The number of rotatable bonds is 8. The van der Waals surface area contributed by atoms with E-state index in [4.69, 9.17) is 0 Å². The van der Waals surface area contributed by atoms with E-state index in [1.807, 2.05) is 44.6 Å². The van der Waals surface area contributed by atoms with Crippen molar-refractivity contribution in [1.82, 2.24) is 9.88 Å². The zero-order valence-corrected chi connectivity index (χ0v) is 17.3. The van der Waals surface area contributed by atoms with Crippen LogP contribution in [0.2, 0.25) is 0 Å². The summed E-state index contributed by atoms with van der Waals surface area (Å²) in [6, 6.07) is 5.91. The molecule has 1 fully saturated rings. The van der Waals surface area contributed by atoms with Gasteiger partial charge in [-0.2, -0.15) is 0 Å². The molecule has 0 amide bonds. The van der Waals surface area contributed by atoms with Gasteiger partial charge in [-0.25, -0.2) is 4.98 Å². The Balaban J connectivity index is 1.70. The molecule has 5 heteroatoms. The summed E-state index contributed by atoms with van der Waals surface area (Å²) in [6.07, 6.45) is 4.87. The van der Waals surface area contributed by atoms with Crippen LogP contribution in [0.25, 0.3) is 0 Å². The number of aromatic nitrogens is 1. The van der Waals surface area contributed by atoms with Crippen LogP contribution in [0.5, 0.6) is 0 Å². The standard InChI is InChI=1S/C22H28N2O2S/c1-15-8-9-17(20(10-15)22(26)16-6-4-5-7-16)11-19(25)12-21-23-18(14-27-21)13-24(2)3/h8-10,14,16H,4-7,11-13H2,1-3H3. The van der Waals surface area contributed by atoms with Crippen LogP contribution in [0.3, 0.4) is 0 Å². The summed E-state index contributed by atoms with van der Waals surface area (Å²) in [5.41, 5.74) is 3.69.